The highest BCUT2D eigenvalue weighted by atomic mass is 15.1. The largest absolute Gasteiger partial charge is 0.399 e. The van der Waals surface area contributed by atoms with Crippen molar-refractivity contribution in [2.45, 2.75) is 26.4 Å². The fourth-order valence-electron chi connectivity index (χ4n) is 1.55. The standard InChI is InChI=1S/C13H20N2/c1-4-8-15(11(2)3)10-12-6-5-7-13(14)9-12/h4-7,9,11H,1,8,10,14H2,2-3H3. The molecular formula is C13H20N2. The molecule has 1 aromatic carbocycles. The zero-order chi connectivity index (χ0) is 11.3. The minimum Gasteiger partial charge on any atom is -0.399 e. The molecule has 0 aliphatic rings. The van der Waals surface area contributed by atoms with Crippen LogP contribution in [0.3, 0.4) is 0 Å². The Labute approximate surface area is 92.4 Å². The second-order valence-electron chi connectivity index (χ2n) is 4.06. The van der Waals surface area contributed by atoms with Crippen LogP contribution in [0, 0.1) is 0 Å². The molecule has 0 atom stereocenters. The molecule has 2 nitrogen and oxygen atoms in total. The minimum absolute atomic E-state index is 0.518. The van der Waals surface area contributed by atoms with E-state index in [-0.39, 0.29) is 0 Å². The molecule has 0 saturated carbocycles. The molecule has 0 bridgehead atoms. The Morgan fingerprint density at radius 2 is 2.20 bits per heavy atom. The molecule has 1 aromatic rings. The van der Waals surface area contributed by atoms with Gasteiger partial charge in [0.2, 0.25) is 0 Å². The number of hydrogen-bond donors (Lipinski definition) is 1. The lowest BCUT2D eigenvalue weighted by Crippen LogP contribution is -2.30. The first-order valence-corrected chi connectivity index (χ1v) is 5.33. The van der Waals surface area contributed by atoms with Gasteiger partial charge in [0, 0.05) is 24.8 Å². The van der Waals surface area contributed by atoms with Crippen molar-refractivity contribution in [2.24, 2.45) is 0 Å². The SMILES string of the molecule is C=CCN(Cc1cccc(N)c1)C(C)C. The summed E-state index contributed by atoms with van der Waals surface area (Å²) in [7, 11) is 0. The van der Waals surface area contributed by atoms with Gasteiger partial charge in [-0.25, -0.2) is 0 Å². The van der Waals surface area contributed by atoms with Gasteiger partial charge in [-0.3, -0.25) is 4.90 Å². The lowest BCUT2D eigenvalue weighted by atomic mass is 10.1. The van der Waals surface area contributed by atoms with Crippen molar-refractivity contribution in [3.8, 4) is 0 Å². The van der Waals surface area contributed by atoms with Crippen LogP contribution in [0.4, 0.5) is 5.69 Å². The number of anilines is 1. The number of nitrogens with two attached hydrogens (primary N) is 1. The third kappa shape index (κ3) is 3.76. The van der Waals surface area contributed by atoms with Gasteiger partial charge in [-0.1, -0.05) is 18.2 Å². The van der Waals surface area contributed by atoms with E-state index in [1.54, 1.807) is 0 Å². The minimum atomic E-state index is 0.518. The quantitative estimate of drug-likeness (QED) is 0.590. The van der Waals surface area contributed by atoms with E-state index in [2.05, 4.69) is 31.4 Å². The number of benzene rings is 1. The van der Waals surface area contributed by atoms with Crippen LogP contribution in [0.1, 0.15) is 19.4 Å². The molecule has 0 heterocycles. The van der Waals surface area contributed by atoms with E-state index in [4.69, 9.17) is 5.73 Å². The van der Waals surface area contributed by atoms with E-state index in [0.717, 1.165) is 18.8 Å². The van der Waals surface area contributed by atoms with Crippen LogP contribution in [0.2, 0.25) is 0 Å². The second kappa shape index (κ2) is 5.56. The monoisotopic (exact) mass is 204 g/mol. The lowest BCUT2D eigenvalue weighted by molar-refractivity contribution is 0.237. The van der Waals surface area contributed by atoms with Crippen molar-refractivity contribution >= 4 is 5.69 Å². The van der Waals surface area contributed by atoms with Crippen molar-refractivity contribution in [1.29, 1.82) is 0 Å². The van der Waals surface area contributed by atoms with Gasteiger partial charge < -0.3 is 5.73 Å². The molecule has 15 heavy (non-hydrogen) atoms. The van der Waals surface area contributed by atoms with Crippen molar-refractivity contribution in [1.82, 2.24) is 4.90 Å². The van der Waals surface area contributed by atoms with Gasteiger partial charge >= 0.3 is 0 Å². The smallest absolute Gasteiger partial charge is 0.0317 e. The summed E-state index contributed by atoms with van der Waals surface area (Å²) in [6.45, 7) is 9.99. The fraction of sp³-hybridized carbons (Fsp3) is 0.385. The molecule has 0 aliphatic heterocycles. The summed E-state index contributed by atoms with van der Waals surface area (Å²) in [6, 6.07) is 8.56. The van der Waals surface area contributed by atoms with Crippen molar-refractivity contribution in [3.63, 3.8) is 0 Å². The first-order chi connectivity index (χ1) is 7.13. The Hall–Kier alpha value is -1.28. The Kier molecular flexibility index (Phi) is 4.37. The van der Waals surface area contributed by atoms with Crippen molar-refractivity contribution in [2.75, 3.05) is 12.3 Å². The summed E-state index contributed by atoms with van der Waals surface area (Å²) < 4.78 is 0. The van der Waals surface area contributed by atoms with E-state index in [0.29, 0.717) is 6.04 Å². The highest BCUT2D eigenvalue weighted by Crippen LogP contribution is 2.11. The summed E-state index contributed by atoms with van der Waals surface area (Å²) in [5.41, 5.74) is 7.83. The summed E-state index contributed by atoms with van der Waals surface area (Å²) >= 11 is 0. The molecular weight excluding hydrogens is 184 g/mol. The van der Waals surface area contributed by atoms with E-state index >= 15 is 0 Å². The molecule has 0 fully saturated rings. The van der Waals surface area contributed by atoms with Crippen LogP contribution in [0.5, 0.6) is 0 Å². The molecule has 1 rings (SSSR count). The predicted octanol–water partition coefficient (Wildman–Crippen LogP) is 2.67. The van der Waals surface area contributed by atoms with Gasteiger partial charge in [0.15, 0.2) is 0 Å². The molecule has 82 valence electrons. The zero-order valence-corrected chi connectivity index (χ0v) is 9.61. The Bertz CT molecular complexity index is 318. The maximum absolute atomic E-state index is 5.75. The van der Waals surface area contributed by atoms with Crippen LogP contribution >= 0.6 is 0 Å². The highest BCUT2D eigenvalue weighted by Gasteiger charge is 2.07. The van der Waals surface area contributed by atoms with Gasteiger partial charge in [-0.15, -0.1) is 6.58 Å². The third-order valence-electron chi connectivity index (χ3n) is 2.43. The van der Waals surface area contributed by atoms with E-state index in [1.165, 1.54) is 5.56 Å². The number of hydrogen-bond acceptors (Lipinski definition) is 2. The molecule has 0 spiro atoms. The first-order valence-electron chi connectivity index (χ1n) is 5.33. The van der Waals surface area contributed by atoms with E-state index < -0.39 is 0 Å². The second-order valence-corrected chi connectivity index (χ2v) is 4.06. The summed E-state index contributed by atoms with van der Waals surface area (Å²) in [5.74, 6) is 0. The molecule has 2 N–H and O–H groups in total. The number of nitrogen functional groups attached to an aromatic ring is 1. The molecule has 0 amide bonds. The molecule has 0 saturated heterocycles. The highest BCUT2D eigenvalue weighted by molar-refractivity contribution is 5.40. The van der Waals surface area contributed by atoms with Crippen molar-refractivity contribution < 1.29 is 0 Å². The van der Waals surface area contributed by atoms with Gasteiger partial charge in [-0.05, 0) is 31.5 Å². The maximum Gasteiger partial charge on any atom is 0.0317 e. The van der Waals surface area contributed by atoms with Crippen molar-refractivity contribution in [3.05, 3.63) is 42.5 Å². The summed E-state index contributed by atoms with van der Waals surface area (Å²) in [4.78, 5) is 2.35. The summed E-state index contributed by atoms with van der Waals surface area (Å²) in [6.07, 6.45) is 1.94. The zero-order valence-electron chi connectivity index (χ0n) is 9.61. The normalized spacial score (nSPS) is 10.9. The lowest BCUT2D eigenvalue weighted by Gasteiger charge is -2.25. The van der Waals surface area contributed by atoms with Gasteiger partial charge in [0.1, 0.15) is 0 Å². The average Bonchev–Trinajstić information content (AvgIpc) is 2.17. The number of nitrogens with zero attached hydrogens (tertiary/aromatic N) is 1. The molecule has 0 aromatic heterocycles. The molecule has 2 heteroatoms. The molecule has 0 radical (unpaired) electrons. The fourth-order valence-corrected chi connectivity index (χ4v) is 1.55. The summed E-state index contributed by atoms with van der Waals surface area (Å²) in [5, 5.41) is 0. The topological polar surface area (TPSA) is 29.3 Å². The van der Waals surface area contributed by atoms with Crippen LogP contribution in [-0.4, -0.2) is 17.5 Å². The van der Waals surface area contributed by atoms with Crippen LogP contribution < -0.4 is 5.73 Å². The predicted molar refractivity (Wildman–Crippen MR) is 66.6 cm³/mol. The Morgan fingerprint density at radius 3 is 2.73 bits per heavy atom. The van der Waals surface area contributed by atoms with Gasteiger partial charge in [-0.2, -0.15) is 0 Å². The van der Waals surface area contributed by atoms with E-state index in [9.17, 15) is 0 Å². The van der Waals surface area contributed by atoms with Crippen LogP contribution in [-0.2, 0) is 6.54 Å². The number of rotatable bonds is 5. The first kappa shape index (κ1) is 11.8. The maximum atomic E-state index is 5.75. The molecule has 0 aliphatic carbocycles. The van der Waals surface area contributed by atoms with Gasteiger partial charge in [0.05, 0.1) is 0 Å². The van der Waals surface area contributed by atoms with Crippen LogP contribution in [0.15, 0.2) is 36.9 Å². The third-order valence-corrected chi connectivity index (χ3v) is 2.43. The Morgan fingerprint density at radius 1 is 1.47 bits per heavy atom. The van der Waals surface area contributed by atoms with Gasteiger partial charge in [0.25, 0.3) is 0 Å². The van der Waals surface area contributed by atoms with E-state index in [1.807, 2.05) is 24.3 Å². The molecule has 0 unspecified atom stereocenters. The average molecular weight is 204 g/mol. The van der Waals surface area contributed by atoms with Crippen LogP contribution in [0.25, 0.3) is 0 Å². The Balaban J connectivity index is 2.69.